The summed E-state index contributed by atoms with van der Waals surface area (Å²) in [5, 5.41) is 0. The van der Waals surface area contributed by atoms with Crippen molar-refractivity contribution in [2.45, 2.75) is 6.54 Å². The van der Waals surface area contributed by atoms with E-state index in [0.717, 1.165) is 6.07 Å². The Balaban J connectivity index is 2.38. The van der Waals surface area contributed by atoms with E-state index in [-0.39, 0.29) is 12.1 Å². The van der Waals surface area contributed by atoms with E-state index in [1.807, 2.05) is 0 Å². The van der Waals surface area contributed by atoms with Crippen LogP contribution in [0.5, 0.6) is 0 Å². The van der Waals surface area contributed by atoms with Gasteiger partial charge in [-0.2, -0.15) is 0 Å². The molecule has 17 heavy (non-hydrogen) atoms. The topological polar surface area (TPSA) is 22.0 Å². The van der Waals surface area contributed by atoms with Crippen molar-refractivity contribution < 1.29 is 8.78 Å². The Hall–Kier alpha value is -1.49. The summed E-state index contributed by atoms with van der Waals surface area (Å²) in [6, 6.07) is 6.51. The molecule has 88 valence electrons. The molecule has 1 heterocycles. The van der Waals surface area contributed by atoms with Crippen LogP contribution in [0.4, 0.5) is 8.78 Å². The number of pyridine rings is 1. The summed E-state index contributed by atoms with van der Waals surface area (Å²) >= 11 is 3.11. The first-order valence-corrected chi connectivity index (χ1v) is 5.65. The van der Waals surface area contributed by atoms with E-state index in [4.69, 9.17) is 0 Å². The van der Waals surface area contributed by atoms with E-state index in [0.29, 0.717) is 10.0 Å². The lowest BCUT2D eigenvalue weighted by Gasteiger charge is -2.06. The second kappa shape index (κ2) is 4.79. The first kappa shape index (κ1) is 12.0. The van der Waals surface area contributed by atoms with Crippen LogP contribution in [0.1, 0.15) is 5.56 Å². The fourth-order valence-corrected chi connectivity index (χ4v) is 1.91. The maximum absolute atomic E-state index is 13.0. The summed E-state index contributed by atoms with van der Waals surface area (Å²) in [6.07, 6.45) is 1.57. The monoisotopic (exact) mass is 299 g/mol. The van der Waals surface area contributed by atoms with Crippen molar-refractivity contribution in [2.24, 2.45) is 0 Å². The molecule has 0 radical (unpaired) electrons. The van der Waals surface area contributed by atoms with Gasteiger partial charge >= 0.3 is 0 Å². The Kier molecular flexibility index (Phi) is 3.38. The average molecular weight is 300 g/mol. The maximum atomic E-state index is 13.0. The lowest BCUT2D eigenvalue weighted by Crippen LogP contribution is -2.20. The Morgan fingerprint density at radius 3 is 2.47 bits per heavy atom. The van der Waals surface area contributed by atoms with Gasteiger partial charge in [0.2, 0.25) is 0 Å². The number of rotatable bonds is 2. The molecule has 2 aromatic rings. The van der Waals surface area contributed by atoms with E-state index < -0.39 is 11.6 Å². The summed E-state index contributed by atoms with van der Waals surface area (Å²) in [5.74, 6) is -1.30. The van der Waals surface area contributed by atoms with Crippen molar-refractivity contribution in [2.75, 3.05) is 0 Å². The summed E-state index contributed by atoms with van der Waals surface area (Å²) in [4.78, 5) is 11.7. The van der Waals surface area contributed by atoms with E-state index in [2.05, 4.69) is 15.9 Å². The normalized spacial score (nSPS) is 10.5. The van der Waals surface area contributed by atoms with Gasteiger partial charge in [-0.1, -0.05) is 0 Å². The molecule has 0 aliphatic heterocycles. The summed E-state index contributed by atoms with van der Waals surface area (Å²) in [6.45, 7) is 0.132. The molecule has 0 bridgehead atoms. The number of hydrogen-bond acceptors (Lipinski definition) is 1. The van der Waals surface area contributed by atoms with Crippen LogP contribution in [0.2, 0.25) is 0 Å². The molecule has 5 heteroatoms. The standard InChI is InChI=1S/C12H8BrF2NO/c13-11-2-1-3-16(12(11)17)7-8-4-9(14)6-10(15)5-8/h1-6H,7H2. The minimum Gasteiger partial charge on any atom is -0.310 e. The average Bonchev–Trinajstić information content (AvgIpc) is 2.23. The van der Waals surface area contributed by atoms with Crippen LogP contribution >= 0.6 is 15.9 Å². The predicted molar refractivity (Wildman–Crippen MR) is 63.9 cm³/mol. The van der Waals surface area contributed by atoms with E-state index >= 15 is 0 Å². The molecule has 2 nitrogen and oxygen atoms in total. The predicted octanol–water partition coefficient (Wildman–Crippen LogP) is 2.94. The van der Waals surface area contributed by atoms with Crippen molar-refractivity contribution >= 4 is 15.9 Å². The Morgan fingerprint density at radius 1 is 1.18 bits per heavy atom. The number of benzene rings is 1. The number of halogens is 3. The summed E-state index contributed by atoms with van der Waals surface area (Å²) < 4.78 is 27.7. The minimum absolute atomic E-state index is 0.132. The van der Waals surface area contributed by atoms with Crippen LogP contribution in [-0.2, 0) is 6.54 Å². The molecule has 0 unspecified atom stereocenters. The van der Waals surface area contributed by atoms with Crippen LogP contribution in [-0.4, -0.2) is 4.57 Å². The fourth-order valence-electron chi connectivity index (χ4n) is 1.53. The SMILES string of the molecule is O=c1c(Br)cccn1Cc1cc(F)cc(F)c1. The van der Waals surface area contributed by atoms with E-state index in [1.165, 1.54) is 16.7 Å². The van der Waals surface area contributed by atoms with Gasteiger partial charge in [-0.25, -0.2) is 8.78 Å². The number of hydrogen-bond donors (Lipinski definition) is 0. The van der Waals surface area contributed by atoms with Gasteiger partial charge in [0.25, 0.3) is 5.56 Å². The molecular formula is C12H8BrF2NO. The zero-order valence-corrected chi connectivity index (χ0v) is 10.2. The molecule has 0 fully saturated rings. The molecule has 0 amide bonds. The molecule has 2 rings (SSSR count). The number of aromatic nitrogens is 1. The van der Waals surface area contributed by atoms with Crippen molar-refractivity contribution in [3.63, 3.8) is 0 Å². The summed E-state index contributed by atoms with van der Waals surface area (Å²) in [7, 11) is 0. The first-order valence-electron chi connectivity index (χ1n) is 4.86. The van der Waals surface area contributed by atoms with Crippen molar-refractivity contribution in [1.29, 1.82) is 0 Å². The van der Waals surface area contributed by atoms with Gasteiger partial charge in [-0.3, -0.25) is 4.79 Å². The van der Waals surface area contributed by atoms with Crippen LogP contribution in [0.15, 0.2) is 45.8 Å². The highest BCUT2D eigenvalue weighted by atomic mass is 79.9. The molecule has 1 aromatic carbocycles. The summed E-state index contributed by atoms with van der Waals surface area (Å²) in [5.41, 5.74) is 0.167. The molecule has 0 saturated heterocycles. The van der Waals surface area contributed by atoms with Gasteiger partial charge in [0.1, 0.15) is 11.6 Å². The Labute approximate surface area is 105 Å². The molecule has 0 N–H and O–H groups in total. The molecule has 0 spiro atoms. The van der Waals surface area contributed by atoms with Crippen LogP contribution in [0, 0.1) is 11.6 Å². The Bertz CT molecular complexity index is 589. The lowest BCUT2D eigenvalue weighted by molar-refractivity contribution is 0.577. The van der Waals surface area contributed by atoms with Gasteiger partial charge in [-0.05, 0) is 45.8 Å². The van der Waals surface area contributed by atoms with Crippen molar-refractivity contribution in [3.05, 3.63) is 68.6 Å². The number of nitrogens with zero attached hydrogens (tertiary/aromatic N) is 1. The molecular weight excluding hydrogens is 292 g/mol. The molecule has 0 atom stereocenters. The highest BCUT2D eigenvalue weighted by molar-refractivity contribution is 9.10. The van der Waals surface area contributed by atoms with Gasteiger partial charge < -0.3 is 4.57 Å². The van der Waals surface area contributed by atoms with E-state index in [1.54, 1.807) is 18.3 Å². The highest BCUT2D eigenvalue weighted by Crippen LogP contribution is 2.09. The fraction of sp³-hybridized carbons (Fsp3) is 0.0833. The van der Waals surface area contributed by atoms with Gasteiger partial charge in [0.05, 0.1) is 11.0 Å². The third-order valence-corrected chi connectivity index (χ3v) is 2.85. The third-order valence-electron chi connectivity index (χ3n) is 2.25. The van der Waals surface area contributed by atoms with Crippen LogP contribution in [0.25, 0.3) is 0 Å². The smallest absolute Gasteiger partial charge is 0.265 e. The third kappa shape index (κ3) is 2.79. The highest BCUT2D eigenvalue weighted by Gasteiger charge is 2.04. The van der Waals surface area contributed by atoms with E-state index in [9.17, 15) is 13.6 Å². The van der Waals surface area contributed by atoms with Crippen LogP contribution in [0.3, 0.4) is 0 Å². The van der Waals surface area contributed by atoms with Gasteiger partial charge in [0, 0.05) is 12.3 Å². The quantitative estimate of drug-likeness (QED) is 0.836. The molecule has 0 aliphatic carbocycles. The first-order chi connectivity index (χ1) is 8.06. The van der Waals surface area contributed by atoms with Gasteiger partial charge in [0.15, 0.2) is 0 Å². The molecule has 1 aromatic heterocycles. The van der Waals surface area contributed by atoms with Crippen molar-refractivity contribution in [3.8, 4) is 0 Å². The Morgan fingerprint density at radius 2 is 1.82 bits per heavy atom. The van der Waals surface area contributed by atoms with Crippen molar-refractivity contribution in [1.82, 2.24) is 4.57 Å². The zero-order chi connectivity index (χ0) is 12.4. The minimum atomic E-state index is -0.650. The largest absolute Gasteiger partial charge is 0.310 e. The lowest BCUT2D eigenvalue weighted by atomic mass is 10.2. The maximum Gasteiger partial charge on any atom is 0.265 e. The molecule has 0 aliphatic rings. The van der Waals surface area contributed by atoms with Gasteiger partial charge in [-0.15, -0.1) is 0 Å². The zero-order valence-electron chi connectivity index (χ0n) is 8.66. The molecule has 0 saturated carbocycles. The van der Waals surface area contributed by atoms with Crippen LogP contribution < -0.4 is 5.56 Å². The second-order valence-electron chi connectivity index (χ2n) is 3.57. The second-order valence-corrected chi connectivity index (χ2v) is 4.42.